The van der Waals surface area contributed by atoms with Crippen LogP contribution >= 0.6 is 0 Å². The molecule has 3 aromatic rings. The molecule has 0 atom stereocenters. The molecule has 0 saturated carbocycles. The van der Waals surface area contributed by atoms with E-state index in [4.69, 9.17) is 4.42 Å². The van der Waals surface area contributed by atoms with Gasteiger partial charge in [0.25, 0.3) is 0 Å². The zero-order valence-corrected chi connectivity index (χ0v) is 14.7. The molecule has 0 aliphatic heterocycles. The van der Waals surface area contributed by atoms with E-state index in [9.17, 15) is 13.2 Å². The van der Waals surface area contributed by atoms with Gasteiger partial charge in [0.05, 0.1) is 11.4 Å². The molecule has 1 amide bonds. The Kier molecular flexibility index (Phi) is 4.61. The summed E-state index contributed by atoms with van der Waals surface area (Å²) in [6, 6.07) is 15.9. The first-order chi connectivity index (χ1) is 11.9. The Balaban J connectivity index is 2.08. The number of carbonyl (C=O) groups excluding carboxylic acids is 1. The molecule has 0 aliphatic carbocycles. The van der Waals surface area contributed by atoms with Gasteiger partial charge < -0.3 is 9.73 Å². The van der Waals surface area contributed by atoms with Crippen molar-refractivity contribution >= 4 is 26.9 Å². The monoisotopic (exact) mass is 358 g/mol. The average molecular weight is 358 g/mol. The molecule has 0 unspecified atom stereocenters. The zero-order valence-electron chi connectivity index (χ0n) is 13.9. The largest absolute Gasteiger partial charge is 0.456 e. The van der Waals surface area contributed by atoms with Gasteiger partial charge in [0, 0.05) is 25.0 Å². The quantitative estimate of drug-likeness (QED) is 0.760. The van der Waals surface area contributed by atoms with E-state index in [1.165, 1.54) is 20.2 Å². The van der Waals surface area contributed by atoms with Crippen molar-refractivity contribution in [3.63, 3.8) is 0 Å². The third-order valence-corrected chi connectivity index (χ3v) is 5.77. The predicted octanol–water partition coefficient (Wildman–Crippen LogP) is 2.47. The lowest BCUT2D eigenvalue weighted by Gasteiger charge is -2.18. The second-order valence-corrected chi connectivity index (χ2v) is 7.59. The molecule has 1 heterocycles. The molecule has 0 spiro atoms. The summed E-state index contributed by atoms with van der Waals surface area (Å²) in [6.07, 6.45) is 0. The molecule has 3 rings (SSSR count). The van der Waals surface area contributed by atoms with Crippen molar-refractivity contribution < 1.29 is 17.6 Å². The van der Waals surface area contributed by atoms with Crippen LogP contribution in [0.2, 0.25) is 0 Å². The number of likely N-dealkylation sites (N-methyl/N-ethyl adjacent to an activating group) is 2. The molecule has 6 nitrogen and oxygen atoms in total. The Morgan fingerprint density at radius 1 is 1.12 bits per heavy atom. The van der Waals surface area contributed by atoms with Crippen molar-refractivity contribution in [1.29, 1.82) is 0 Å². The van der Waals surface area contributed by atoms with Crippen LogP contribution in [-0.4, -0.2) is 39.3 Å². The first-order valence-corrected chi connectivity index (χ1v) is 9.12. The highest BCUT2D eigenvalue weighted by Crippen LogP contribution is 2.33. The van der Waals surface area contributed by atoms with Crippen LogP contribution in [0.15, 0.2) is 63.9 Å². The van der Waals surface area contributed by atoms with E-state index in [0.29, 0.717) is 16.9 Å². The number of furan rings is 1. The van der Waals surface area contributed by atoms with Crippen LogP contribution in [0, 0.1) is 0 Å². The number of nitrogens with one attached hydrogen (secondary N) is 1. The number of amides is 1. The summed E-state index contributed by atoms with van der Waals surface area (Å²) in [7, 11) is -1.01. The van der Waals surface area contributed by atoms with Crippen molar-refractivity contribution in [2.24, 2.45) is 0 Å². The lowest BCUT2D eigenvalue weighted by molar-refractivity contribution is -0.120. The van der Waals surface area contributed by atoms with Gasteiger partial charge in [0.2, 0.25) is 15.9 Å². The Morgan fingerprint density at radius 3 is 2.52 bits per heavy atom. The van der Waals surface area contributed by atoms with Crippen LogP contribution in [-0.2, 0) is 14.8 Å². The summed E-state index contributed by atoms with van der Waals surface area (Å²) in [5.41, 5.74) is 1.14. The van der Waals surface area contributed by atoms with Gasteiger partial charge in [-0.2, -0.15) is 4.31 Å². The van der Waals surface area contributed by atoms with E-state index >= 15 is 0 Å². The molecule has 0 fully saturated rings. The third kappa shape index (κ3) is 3.29. The number of hydrogen-bond acceptors (Lipinski definition) is 4. The molecule has 0 saturated heterocycles. The fourth-order valence-corrected chi connectivity index (χ4v) is 3.86. The van der Waals surface area contributed by atoms with Gasteiger partial charge in [-0.25, -0.2) is 8.42 Å². The van der Waals surface area contributed by atoms with Gasteiger partial charge in [-0.05, 0) is 24.3 Å². The van der Waals surface area contributed by atoms with Crippen LogP contribution in [0.25, 0.3) is 22.3 Å². The van der Waals surface area contributed by atoms with Crippen molar-refractivity contribution in [1.82, 2.24) is 9.62 Å². The summed E-state index contributed by atoms with van der Waals surface area (Å²) >= 11 is 0. The summed E-state index contributed by atoms with van der Waals surface area (Å²) in [4.78, 5) is 11.6. The van der Waals surface area contributed by atoms with Crippen LogP contribution in [0.1, 0.15) is 0 Å². The van der Waals surface area contributed by atoms with Crippen LogP contribution in [0.5, 0.6) is 0 Å². The molecule has 2 aromatic carbocycles. The fourth-order valence-electron chi connectivity index (χ4n) is 2.54. The van der Waals surface area contributed by atoms with Crippen molar-refractivity contribution in [2.75, 3.05) is 20.6 Å². The van der Waals surface area contributed by atoms with Gasteiger partial charge in [-0.3, -0.25) is 4.79 Å². The second-order valence-electron chi connectivity index (χ2n) is 5.58. The van der Waals surface area contributed by atoms with Crippen LogP contribution in [0.4, 0.5) is 0 Å². The van der Waals surface area contributed by atoms with Gasteiger partial charge in [0.15, 0.2) is 0 Å². The molecule has 1 N–H and O–H groups in total. The standard InChI is InChI=1S/C18H18N2O4S/c1-19-18(21)12-20(2)25(22,23)17-10-6-4-8-14(17)16-11-13-7-3-5-9-15(13)24-16/h3-11H,12H2,1-2H3,(H,19,21). The fraction of sp³-hybridized carbons (Fsp3) is 0.167. The van der Waals surface area contributed by atoms with E-state index in [2.05, 4.69) is 5.32 Å². The predicted molar refractivity (Wildman–Crippen MR) is 95.5 cm³/mol. The van der Waals surface area contributed by atoms with E-state index in [1.807, 2.05) is 30.3 Å². The summed E-state index contributed by atoms with van der Waals surface area (Å²) in [6.45, 7) is -0.257. The molecule has 25 heavy (non-hydrogen) atoms. The van der Waals surface area contributed by atoms with E-state index in [1.54, 1.807) is 18.2 Å². The van der Waals surface area contributed by atoms with E-state index in [-0.39, 0.29) is 17.3 Å². The number of para-hydroxylation sites is 1. The molecule has 0 bridgehead atoms. The molecule has 0 radical (unpaired) electrons. The van der Waals surface area contributed by atoms with Crippen LogP contribution < -0.4 is 5.32 Å². The minimum Gasteiger partial charge on any atom is -0.456 e. The molecule has 7 heteroatoms. The lowest BCUT2D eigenvalue weighted by Crippen LogP contribution is -2.37. The van der Waals surface area contributed by atoms with E-state index in [0.717, 1.165) is 9.69 Å². The molecular formula is C18H18N2O4S. The normalized spacial score (nSPS) is 11.8. The van der Waals surface area contributed by atoms with Gasteiger partial charge >= 0.3 is 0 Å². The number of nitrogens with zero attached hydrogens (tertiary/aromatic N) is 1. The summed E-state index contributed by atoms with van der Waals surface area (Å²) in [5.74, 6) is 0.0843. The molecule has 1 aromatic heterocycles. The third-order valence-electron chi connectivity index (χ3n) is 3.91. The maximum atomic E-state index is 12.9. The molecular weight excluding hydrogens is 340 g/mol. The topological polar surface area (TPSA) is 79.6 Å². The number of fused-ring (bicyclic) bond motifs is 1. The van der Waals surface area contributed by atoms with Crippen molar-refractivity contribution in [3.8, 4) is 11.3 Å². The minimum absolute atomic E-state index is 0.0976. The Hall–Kier alpha value is -2.64. The Bertz CT molecular complexity index is 991. The summed E-state index contributed by atoms with van der Waals surface area (Å²) in [5, 5.41) is 3.31. The van der Waals surface area contributed by atoms with Crippen molar-refractivity contribution in [2.45, 2.75) is 4.90 Å². The molecule has 0 aliphatic rings. The number of hydrogen-bond donors (Lipinski definition) is 1. The average Bonchev–Trinajstić information content (AvgIpc) is 3.05. The second kappa shape index (κ2) is 6.70. The SMILES string of the molecule is CNC(=O)CN(C)S(=O)(=O)c1ccccc1-c1cc2ccccc2o1. The van der Waals surface area contributed by atoms with Gasteiger partial charge in [-0.15, -0.1) is 0 Å². The highest BCUT2D eigenvalue weighted by Gasteiger charge is 2.26. The first-order valence-electron chi connectivity index (χ1n) is 7.68. The minimum atomic E-state index is -3.85. The number of sulfonamides is 1. The maximum Gasteiger partial charge on any atom is 0.244 e. The number of rotatable bonds is 5. The Morgan fingerprint density at radius 2 is 1.80 bits per heavy atom. The van der Waals surface area contributed by atoms with Gasteiger partial charge in [-0.1, -0.05) is 30.3 Å². The smallest absolute Gasteiger partial charge is 0.244 e. The number of benzene rings is 2. The van der Waals surface area contributed by atoms with Crippen LogP contribution in [0.3, 0.4) is 0 Å². The summed E-state index contributed by atoms with van der Waals surface area (Å²) < 4.78 is 32.6. The van der Waals surface area contributed by atoms with Gasteiger partial charge in [0.1, 0.15) is 11.3 Å². The maximum absolute atomic E-state index is 12.9. The Labute approximate surface area is 146 Å². The highest BCUT2D eigenvalue weighted by atomic mass is 32.2. The lowest BCUT2D eigenvalue weighted by atomic mass is 10.1. The molecule has 130 valence electrons. The van der Waals surface area contributed by atoms with Crippen molar-refractivity contribution in [3.05, 3.63) is 54.6 Å². The zero-order chi connectivity index (χ0) is 18.0. The number of carbonyl (C=O) groups is 1. The van der Waals surface area contributed by atoms with E-state index < -0.39 is 10.0 Å². The highest BCUT2D eigenvalue weighted by molar-refractivity contribution is 7.89. The first kappa shape index (κ1) is 17.2.